The van der Waals surface area contributed by atoms with Crippen molar-refractivity contribution in [2.75, 3.05) is 13.1 Å². The van der Waals surface area contributed by atoms with Gasteiger partial charge in [0.05, 0.1) is 0 Å². The minimum atomic E-state index is 0.405. The van der Waals surface area contributed by atoms with Crippen molar-refractivity contribution in [1.29, 1.82) is 0 Å². The van der Waals surface area contributed by atoms with Crippen LogP contribution in [0.2, 0.25) is 10.0 Å². The van der Waals surface area contributed by atoms with Crippen molar-refractivity contribution in [2.45, 2.75) is 33.7 Å². The molecule has 0 amide bonds. The van der Waals surface area contributed by atoms with Crippen LogP contribution in [0.1, 0.15) is 32.2 Å². The summed E-state index contributed by atoms with van der Waals surface area (Å²) in [6, 6.07) is 5.70. The number of hydrogen-bond acceptors (Lipinski definition) is 3. The second kappa shape index (κ2) is 10.5. The predicted octanol–water partition coefficient (Wildman–Crippen LogP) is 3.69. The van der Waals surface area contributed by atoms with E-state index in [0.717, 1.165) is 41.9 Å². The Bertz CT molecular complexity index is 756. The molecule has 2 rings (SSSR count). The van der Waals surface area contributed by atoms with Crippen molar-refractivity contribution in [2.24, 2.45) is 23.9 Å². The van der Waals surface area contributed by atoms with Gasteiger partial charge in [-0.2, -0.15) is 5.10 Å². The number of aryl methyl sites for hydroxylation is 1. The third kappa shape index (κ3) is 6.70. The largest absolute Gasteiger partial charge is 0.357 e. The summed E-state index contributed by atoms with van der Waals surface area (Å²) in [6.45, 7) is 8.55. The zero-order valence-corrected chi connectivity index (χ0v) is 17.8. The number of nitrogens with zero attached hydrogens (tertiary/aromatic N) is 4. The van der Waals surface area contributed by atoms with Crippen LogP contribution in [0.15, 0.2) is 29.5 Å². The lowest BCUT2D eigenvalue weighted by atomic mass is 9.89. The number of halogens is 2. The summed E-state index contributed by atoms with van der Waals surface area (Å²) in [5.41, 5.74) is 1.11. The zero-order chi connectivity index (χ0) is 19.8. The molecule has 2 aromatic rings. The molecule has 148 valence electrons. The predicted molar refractivity (Wildman–Crippen MR) is 112 cm³/mol. The molecule has 0 radical (unpaired) electrons. The molecule has 0 aliphatic carbocycles. The van der Waals surface area contributed by atoms with E-state index in [9.17, 15) is 0 Å². The van der Waals surface area contributed by atoms with E-state index in [1.807, 2.05) is 26.1 Å². The fourth-order valence-electron chi connectivity index (χ4n) is 2.70. The molecule has 2 N–H and O–H groups in total. The van der Waals surface area contributed by atoms with E-state index in [4.69, 9.17) is 23.2 Å². The van der Waals surface area contributed by atoms with Gasteiger partial charge in [-0.1, -0.05) is 43.1 Å². The van der Waals surface area contributed by atoms with Crippen molar-refractivity contribution in [3.8, 4) is 0 Å². The summed E-state index contributed by atoms with van der Waals surface area (Å²) in [7, 11) is 1.86. The zero-order valence-electron chi connectivity index (χ0n) is 16.3. The molecule has 1 aromatic carbocycles. The van der Waals surface area contributed by atoms with Gasteiger partial charge in [0, 0.05) is 30.2 Å². The number of aromatic nitrogens is 3. The van der Waals surface area contributed by atoms with E-state index >= 15 is 0 Å². The summed E-state index contributed by atoms with van der Waals surface area (Å²) in [6.07, 6.45) is 2.42. The fraction of sp³-hybridized carbons (Fsp3) is 0.526. The smallest absolute Gasteiger partial charge is 0.191 e. The highest BCUT2D eigenvalue weighted by atomic mass is 35.5. The Kier molecular flexibility index (Phi) is 8.38. The van der Waals surface area contributed by atoms with Crippen LogP contribution in [0.3, 0.4) is 0 Å². The first-order chi connectivity index (χ1) is 12.9. The van der Waals surface area contributed by atoms with Gasteiger partial charge in [-0.25, -0.2) is 9.98 Å². The quantitative estimate of drug-likeness (QED) is 0.514. The lowest BCUT2D eigenvalue weighted by Gasteiger charge is -2.23. The summed E-state index contributed by atoms with van der Waals surface area (Å²) in [4.78, 5) is 8.82. The molecule has 0 fully saturated rings. The second-order valence-corrected chi connectivity index (χ2v) is 7.66. The fourth-order valence-corrected chi connectivity index (χ4v) is 3.18. The number of hydrogen-bond donors (Lipinski definition) is 2. The van der Waals surface area contributed by atoms with Crippen LogP contribution in [-0.2, 0) is 20.0 Å². The maximum absolute atomic E-state index is 6.36. The highest BCUT2D eigenvalue weighted by molar-refractivity contribution is 6.35. The molecule has 0 aliphatic rings. The monoisotopic (exact) mass is 410 g/mol. The van der Waals surface area contributed by atoms with Gasteiger partial charge in [-0.15, -0.1) is 0 Å². The van der Waals surface area contributed by atoms with Crippen LogP contribution in [0.5, 0.6) is 0 Å². The molecule has 1 atom stereocenters. The molecule has 1 heterocycles. The summed E-state index contributed by atoms with van der Waals surface area (Å²) >= 11 is 12.4. The SMILES string of the molecule is CCNC(=NCc1ncnn1C)NCC(Cc1ccc(Cl)cc1Cl)C(C)C. The van der Waals surface area contributed by atoms with Crippen molar-refractivity contribution in [3.63, 3.8) is 0 Å². The average molecular weight is 411 g/mol. The Morgan fingerprint density at radius 2 is 2.04 bits per heavy atom. The molecular formula is C19H28Cl2N6. The van der Waals surface area contributed by atoms with Gasteiger partial charge in [0.25, 0.3) is 0 Å². The molecule has 8 heteroatoms. The maximum Gasteiger partial charge on any atom is 0.191 e. The molecular weight excluding hydrogens is 383 g/mol. The highest BCUT2D eigenvalue weighted by Gasteiger charge is 2.16. The van der Waals surface area contributed by atoms with Gasteiger partial charge >= 0.3 is 0 Å². The second-order valence-electron chi connectivity index (χ2n) is 6.82. The topological polar surface area (TPSA) is 67.1 Å². The van der Waals surface area contributed by atoms with E-state index in [1.54, 1.807) is 10.7 Å². The summed E-state index contributed by atoms with van der Waals surface area (Å²) in [5, 5.41) is 12.2. The average Bonchev–Trinajstić information content (AvgIpc) is 3.02. The molecule has 0 bridgehead atoms. The van der Waals surface area contributed by atoms with E-state index in [1.165, 1.54) is 6.33 Å². The van der Waals surface area contributed by atoms with E-state index in [2.05, 4.69) is 39.6 Å². The van der Waals surface area contributed by atoms with Crippen LogP contribution in [0.4, 0.5) is 0 Å². The molecule has 1 unspecified atom stereocenters. The molecule has 1 aromatic heterocycles. The Morgan fingerprint density at radius 1 is 1.26 bits per heavy atom. The van der Waals surface area contributed by atoms with Crippen molar-refractivity contribution >= 4 is 29.2 Å². The van der Waals surface area contributed by atoms with Gasteiger partial charge in [-0.05, 0) is 42.9 Å². The van der Waals surface area contributed by atoms with Gasteiger partial charge < -0.3 is 10.6 Å². The van der Waals surface area contributed by atoms with Crippen LogP contribution in [-0.4, -0.2) is 33.8 Å². The Morgan fingerprint density at radius 3 is 2.63 bits per heavy atom. The van der Waals surface area contributed by atoms with E-state index in [0.29, 0.717) is 23.4 Å². The molecule has 0 aliphatic heterocycles. The maximum atomic E-state index is 6.36. The third-order valence-corrected chi connectivity index (χ3v) is 5.09. The standard InChI is InChI=1S/C19H28Cl2N6/c1-5-22-19(24-11-18-25-12-26-27(18)4)23-10-15(13(2)3)8-14-6-7-16(20)9-17(14)21/h6-7,9,12-13,15H,5,8,10-11H2,1-4H3,(H2,22,23,24). The van der Waals surface area contributed by atoms with Gasteiger partial charge in [0.15, 0.2) is 5.96 Å². The molecule has 0 saturated heterocycles. The van der Waals surface area contributed by atoms with Crippen LogP contribution >= 0.6 is 23.2 Å². The van der Waals surface area contributed by atoms with Crippen molar-refractivity contribution in [1.82, 2.24) is 25.4 Å². The Hall–Kier alpha value is -1.79. The Balaban J connectivity index is 2.01. The normalized spacial score (nSPS) is 13.1. The van der Waals surface area contributed by atoms with Gasteiger partial charge in [-0.3, -0.25) is 4.68 Å². The number of nitrogens with one attached hydrogen (secondary N) is 2. The minimum Gasteiger partial charge on any atom is -0.357 e. The molecule has 6 nitrogen and oxygen atoms in total. The first kappa shape index (κ1) is 21.5. The van der Waals surface area contributed by atoms with Crippen LogP contribution < -0.4 is 10.6 Å². The number of benzene rings is 1. The number of aliphatic imine (C=N–C) groups is 1. The Labute approximate surface area is 171 Å². The number of rotatable bonds is 8. The van der Waals surface area contributed by atoms with E-state index < -0.39 is 0 Å². The highest BCUT2D eigenvalue weighted by Crippen LogP contribution is 2.25. The van der Waals surface area contributed by atoms with Crippen LogP contribution in [0, 0.1) is 11.8 Å². The third-order valence-electron chi connectivity index (χ3n) is 4.50. The minimum absolute atomic E-state index is 0.405. The van der Waals surface area contributed by atoms with E-state index in [-0.39, 0.29) is 0 Å². The molecule has 0 spiro atoms. The first-order valence-corrected chi connectivity index (χ1v) is 9.95. The van der Waals surface area contributed by atoms with Gasteiger partial charge in [0.2, 0.25) is 0 Å². The number of guanidine groups is 1. The van der Waals surface area contributed by atoms with Crippen molar-refractivity contribution in [3.05, 3.63) is 46.0 Å². The molecule has 0 saturated carbocycles. The lowest BCUT2D eigenvalue weighted by Crippen LogP contribution is -2.41. The lowest BCUT2D eigenvalue weighted by molar-refractivity contribution is 0.378. The van der Waals surface area contributed by atoms with Gasteiger partial charge in [0.1, 0.15) is 18.7 Å². The summed E-state index contributed by atoms with van der Waals surface area (Å²) in [5.74, 6) is 2.49. The van der Waals surface area contributed by atoms with Crippen LogP contribution in [0.25, 0.3) is 0 Å². The molecule has 27 heavy (non-hydrogen) atoms. The first-order valence-electron chi connectivity index (χ1n) is 9.19. The van der Waals surface area contributed by atoms with Crippen molar-refractivity contribution < 1.29 is 0 Å². The summed E-state index contributed by atoms with van der Waals surface area (Å²) < 4.78 is 1.73.